The van der Waals surface area contributed by atoms with Gasteiger partial charge in [-0.1, -0.05) is 32.6 Å². The molecule has 0 bridgehead atoms. The molecular weight excluding hydrogens is 364 g/mol. The smallest absolute Gasteiger partial charge is 0.282 e. The number of carbonyl (C=O) groups is 1. The van der Waals surface area contributed by atoms with Gasteiger partial charge in [-0.05, 0) is 19.3 Å². The van der Waals surface area contributed by atoms with E-state index in [1.54, 1.807) is 16.3 Å². The van der Waals surface area contributed by atoms with Crippen molar-refractivity contribution in [3.8, 4) is 0 Å². The number of carbonyl (C=O) groups excluding carboxylic acids is 1. The Balaban J connectivity index is 0.00000312. The molecule has 2 fully saturated rings. The average Bonchev–Trinajstić information content (AvgIpc) is 2.61. The van der Waals surface area contributed by atoms with Crippen LogP contribution in [0.5, 0.6) is 0 Å². The SMILES string of the molecule is CCCC(N)C(=O)N1CCN(S(=O)(=O)N(C)C2CCCCC2)CC1.Cl. The predicted octanol–water partition coefficient (Wildman–Crippen LogP) is 1.19. The maximum atomic E-state index is 12.8. The van der Waals surface area contributed by atoms with Crippen molar-refractivity contribution >= 4 is 28.5 Å². The first kappa shape index (κ1) is 22.6. The fraction of sp³-hybridized carbons (Fsp3) is 0.938. The van der Waals surface area contributed by atoms with E-state index < -0.39 is 16.3 Å². The van der Waals surface area contributed by atoms with Crippen molar-refractivity contribution in [2.45, 2.75) is 64.0 Å². The quantitative estimate of drug-likeness (QED) is 0.730. The molecule has 0 aromatic rings. The van der Waals surface area contributed by atoms with E-state index in [0.717, 1.165) is 32.1 Å². The van der Waals surface area contributed by atoms with Gasteiger partial charge in [0.1, 0.15) is 0 Å². The van der Waals surface area contributed by atoms with Crippen LogP contribution in [0.1, 0.15) is 51.9 Å². The molecule has 1 aliphatic carbocycles. The molecule has 7 nitrogen and oxygen atoms in total. The summed E-state index contributed by atoms with van der Waals surface area (Å²) in [7, 11) is -1.75. The minimum atomic E-state index is -3.44. The van der Waals surface area contributed by atoms with Gasteiger partial charge in [-0.3, -0.25) is 4.79 Å². The van der Waals surface area contributed by atoms with Gasteiger partial charge in [0.25, 0.3) is 10.2 Å². The van der Waals surface area contributed by atoms with Gasteiger partial charge in [0.2, 0.25) is 5.91 Å². The van der Waals surface area contributed by atoms with Crippen LogP contribution in [0, 0.1) is 0 Å². The lowest BCUT2D eigenvalue weighted by molar-refractivity contribution is -0.134. The van der Waals surface area contributed by atoms with Crippen molar-refractivity contribution in [3.05, 3.63) is 0 Å². The number of hydrogen-bond donors (Lipinski definition) is 1. The number of nitrogens with two attached hydrogens (primary N) is 1. The summed E-state index contributed by atoms with van der Waals surface area (Å²) in [6.07, 6.45) is 6.82. The highest BCUT2D eigenvalue weighted by Crippen LogP contribution is 2.25. The van der Waals surface area contributed by atoms with Crippen LogP contribution < -0.4 is 5.73 Å². The van der Waals surface area contributed by atoms with Crippen LogP contribution in [-0.4, -0.2) is 73.1 Å². The van der Waals surface area contributed by atoms with Crippen LogP contribution >= 0.6 is 12.4 Å². The molecular formula is C16H33ClN4O3S. The Bertz CT molecular complexity index is 517. The largest absolute Gasteiger partial charge is 0.339 e. The molecule has 0 aromatic carbocycles. The highest BCUT2D eigenvalue weighted by atomic mass is 35.5. The second kappa shape index (κ2) is 10.1. The molecule has 2 rings (SSSR count). The van der Waals surface area contributed by atoms with Crippen LogP contribution in [0.15, 0.2) is 0 Å². The third-order valence-corrected chi connectivity index (χ3v) is 7.29. The maximum Gasteiger partial charge on any atom is 0.282 e. The van der Waals surface area contributed by atoms with E-state index in [2.05, 4.69) is 0 Å². The summed E-state index contributed by atoms with van der Waals surface area (Å²) in [5.74, 6) is -0.0606. The maximum absolute atomic E-state index is 12.8. The molecule has 0 spiro atoms. The summed E-state index contributed by atoms with van der Waals surface area (Å²) in [4.78, 5) is 13.9. The fourth-order valence-corrected chi connectivity index (χ4v) is 5.20. The monoisotopic (exact) mass is 396 g/mol. The third-order valence-electron chi connectivity index (χ3n) is 5.25. The molecule has 1 aliphatic heterocycles. The first-order chi connectivity index (χ1) is 11.4. The topological polar surface area (TPSA) is 87.0 Å². The van der Waals surface area contributed by atoms with Gasteiger partial charge in [-0.25, -0.2) is 0 Å². The molecule has 0 radical (unpaired) electrons. The van der Waals surface area contributed by atoms with Gasteiger partial charge in [-0.2, -0.15) is 17.0 Å². The molecule has 1 amide bonds. The Morgan fingerprint density at radius 3 is 2.24 bits per heavy atom. The van der Waals surface area contributed by atoms with Crippen molar-refractivity contribution in [1.82, 2.24) is 13.5 Å². The molecule has 2 N–H and O–H groups in total. The number of amides is 1. The first-order valence-electron chi connectivity index (χ1n) is 9.15. The van der Waals surface area contributed by atoms with Gasteiger partial charge in [0, 0.05) is 39.3 Å². The molecule has 1 saturated carbocycles. The number of nitrogens with zero attached hydrogens (tertiary/aromatic N) is 3. The summed E-state index contributed by atoms with van der Waals surface area (Å²) in [5, 5.41) is 0. The fourth-order valence-electron chi connectivity index (χ4n) is 3.62. The average molecular weight is 397 g/mol. The molecule has 9 heteroatoms. The Kier molecular flexibility index (Phi) is 9.11. The van der Waals surface area contributed by atoms with Gasteiger partial charge in [0.15, 0.2) is 0 Å². The van der Waals surface area contributed by atoms with E-state index >= 15 is 0 Å². The molecule has 25 heavy (non-hydrogen) atoms. The molecule has 1 heterocycles. The standard InChI is InChI=1S/C16H32N4O3S.ClH/c1-3-7-15(17)16(21)19-10-12-20(13-11-19)24(22,23)18(2)14-8-5-4-6-9-14;/h14-15H,3-13,17H2,1-2H3;1H. The van der Waals surface area contributed by atoms with E-state index in [-0.39, 0.29) is 24.4 Å². The van der Waals surface area contributed by atoms with Crippen molar-refractivity contribution in [2.75, 3.05) is 33.2 Å². The molecule has 148 valence electrons. The lowest BCUT2D eigenvalue weighted by Crippen LogP contribution is -2.57. The second-order valence-corrected chi connectivity index (χ2v) is 8.92. The van der Waals surface area contributed by atoms with E-state index in [4.69, 9.17) is 5.73 Å². The zero-order valence-corrected chi connectivity index (χ0v) is 17.0. The molecule has 1 atom stereocenters. The Labute approximate surface area is 158 Å². The van der Waals surface area contributed by atoms with Crippen molar-refractivity contribution in [2.24, 2.45) is 5.73 Å². The number of hydrogen-bond acceptors (Lipinski definition) is 4. The molecule has 1 unspecified atom stereocenters. The van der Waals surface area contributed by atoms with Crippen LogP contribution in [0.3, 0.4) is 0 Å². The van der Waals surface area contributed by atoms with Crippen LogP contribution in [0.2, 0.25) is 0 Å². The zero-order chi connectivity index (χ0) is 17.7. The number of halogens is 1. The van der Waals surface area contributed by atoms with Crippen molar-refractivity contribution in [3.63, 3.8) is 0 Å². The lowest BCUT2D eigenvalue weighted by atomic mass is 9.96. The van der Waals surface area contributed by atoms with E-state index in [9.17, 15) is 13.2 Å². The van der Waals surface area contributed by atoms with Gasteiger partial charge >= 0.3 is 0 Å². The summed E-state index contributed by atoms with van der Waals surface area (Å²) >= 11 is 0. The van der Waals surface area contributed by atoms with Gasteiger partial charge in [0.05, 0.1) is 6.04 Å². The molecule has 1 saturated heterocycles. The highest BCUT2D eigenvalue weighted by Gasteiger charge is 2.35. The molecule has 0 aromatic heterocycles. The highest BCUT2D eigenvalue weighted by molar-refractivity contribution is 7.86. The van der Waals surface area contributed by atoms with E-state index in [1.807, 2.05) is 6.92 Å². The van der Waals surface area contributed by atoms with E-state index in [0.29, 0.717) is 32.6 Å². The van der Waals surface area contributed by atoms with Crippen LogP contribution in [0.25, 0.3) is 0 Å². The first-order valence-corrected chi connectivity index (χ1v) is 10.5. The van der Waals surface area contributed by atoms with E-state index in [1.165, 1.54) is 10.7 Å². The third kappa shape index (κ3) is 5.53. The van der Waals surface area contributed by atoms with Crippen molar-refractivity contribution < 1.29 is 13.2 Å². The molecule has 2 aliphatic rings. The second-order valence-electron chi connectivity index (χ2n) is 6.94. The summed E-state index contributed by atoms with van der Waals surface area (Å²) < 4.78 is 28.7. The summed E-state index contributed by atoms with van der Waals surface area (Å²) in [5.41, 5.74) is 5.89. The normalized spacial score (nSPS) is 21.8. The Morgan fingerprint density at radius 1 is 1.16 bits per heavy atom. The lowest BCUT2D eigenvalue weighted by Gasteiger charge is -2.39. The minimum absolute atomic E-state index is 0. The van der Waals surface area contributed by atoms with Crippen molar-refractivity contribution in [1.29, 1.82) is 0 Å². The van der Waals surface area contributed by atoms with Crippen LogP contribution in [-0.2, 0) is 15.0 Å². The van der Waals surface area contributed by atoms with Gasteiger partial charge in [-0.15, -0.1) is 12.4 Å². The van der Waals surface area contributed by atoms with Crippen LogP contribution in [0.4, 0.5) is 0 Å². The summed E-state index contributed by atoms with van der Waals surface area (Å²) in [6, 6.07) is -0.357. The predicted molar refractivity (Wildman–Crippen MR) is 102 cm³/mol. The number of rotatable bonds is 6. The Hall–Kier alpha value is -0.410. The summed E-state index contributed by atoms with van der Waals surface area (Å²) in [6.45, 7) is 3.55. The van der Waals surface area contributed by atoms with Gasteiger partial charge < -0.3 is 10.6 Å². The minimum Gasteiger partial charge on any atom is -0.339 e. The zero-order valence-electron chi connectivity index (χ0n) is 15.4. The Morgan fingerprint density at radius 2 is 1.72 bits per heavy atom. The number of piperazine rings is 1.